The zero-order chi connectivity index (χ0) is 12.4. The summed E-state index contributed by atoms with van der Waals surface area (Å²) in [6.45, 7) is 2.45. The van der Waals surface area contributed by atoms with Crippen molar-refractivity contribution in [3.8, 4) is 0 Å². The number of sulfone groups is 1. The summed E-state index contributed by atoms with van der Waals surface area (Å²) in [5, 5.41) is -0.737. The lowest BCUT2D eigenvalue weighted by Gasteiger charge is -2.20. The van der Waals surface area contributed by atoms with Crippen LogP contribution in [0.25, 0.3) is 0 Å². The fourth-order valence-electron chi connectivity index (χ4n) is 1.76. The van der Waals surface area contributed by atoms with Crippen molar-refractivity contribution in [2.24, 2.45) is 0 Å². The van der Waals surface area contributed by atoms with Crippen LogP contribution in [0.1, 0.15) is 26.2 Å². The molecular weight excluding hydrogens is 250 g/mol. The van der Waals surface area contributed by atoms with Crippen LogP contribution < -0.4 is 0 Å². The average molecular weight is 269 g/mol. The van der Waals surface area contributed by atoms with E-state index in [9.17, 15) is 16.8 Å². The predicted octanol–water partition coefficient (Wildman–Crippen LogP) is 0.235. The van der Waals surface area contributed by atoms with Crippen LogP contribution >= 0.6 is 0 Å². The van der Waals surface area contributed by atoms with Crippen LogP contribution in [0.5, 0.6) is 0 Å². The largest absolute Gasteiger partial charge is 0.229 e. The number of nitrogens with zero attached hydrogens (tertiary/aromatic N) is 1. The summed E-state index contributed by atoms with van der Waals surface area (Å²) in [6, 6.07) is 0. The highest BCUT2D eigenvalue weighted by molar-refractivity contribution is 7.95. The van der Waals surface area contributed by atoms with E-state index in [1.165, 1.54) is 11.4 Å². The molecule has 0 aromatic carbocycles. The molecule has 5 nitrogen and oxygen atoms in total. The van der Waals surface area contributed by atoms with Gasteiger partial charge < -0.3 is 0 Å². The second-order valence-electron chi connectivity index (χ2n) is 4.25. The normalized spacial score (nSPS) is 25.1. The fourth-order valence-corrected chi connectivity index (χ4v) is 6.07. The molecule has 1 aliphatic rings. The highest BCUT2D eigenvalue weighted by Gasteiger charge is 2.38. The van der Waals surface area contributed by atoms with E-state index in [4.69, 9.17) is 0 Å². The van der Waals surface area contributed by atoms with E-state index < -0.39 is 25.1 Å². The first-order chi connectivity index (χ1) is 7.29. The molecule has 0 aromatic heterocycles. The standard InChI is InChI=1S/C9H19NO4S2/c1-3-4-6-10(2)16(13,14)9-5-7-15(11,12)8-9/h9H,3-8H2,1-2H3. The van der Waals surface area contributed by atoms with Gasteiger partial charge in [-0.1, -0.05) is 13.3 Å². The van der Waals surface area contributed by atoms with Gasteiger partial charge in [-0.3, -0.25) is 0 Å². The molecule has 7 heteroatoms. The molecule has 0 amide bonds. The molecule has 96 valence electrons. The first kappa shape index (κ1) is 13.9. The molecule has 0 aromatic rings. The highest BCUT2D eigenvalue weighted by Crippen LogP contribution is 2.21. The van der Waals surface area contributed by atoms with Crippen LogP contribution in [0.2, 0.25) is 0 Å². The van der Waals surface area contributed by atoms with E-state index in [1.54, 1.807) is 0 Å². The number of unbranched alkanes of at least 4 members (excludes halogenated alkanes) is 1. The number of hydrogen-bond donors (Lipinski definition) is 0. The Labute approximate surface area is 97.8 Å². The molecule has 1 unspecified atom stereocenters. The van der Waals surface area contributed by atoms with Crippen molar-refractivity contribution >= 4 is 19.9 Å². The molecule has 0 saturated carbocycles. The topological polar surface area (TPSA) is 71.5 Å². The van der Waals surface area contributed by atoms with E-state index in [1.807, 2.05) is 6.92 Å². The molecule has 1 saturated heterocycles. The van der Waals surface area contributed by atoms with Crippen LogP contribution in [0.15, 0.2) is 0 Å². The van der Waals surface area contributed by atoms with Gasteiger partial charge in [-0.2, -0.15) is 0 Å². The van der Waals surface area contributed by atoms with Crippen molar-refractivity contribution in [2.75, 3.05) is 25.1 Å². The third-order valence-electron chi connectivity index (χ3n) is 2.87. The van der Waals surface area contributed by atoms with Gasteiger partial charge in [-0.15, -0.1) is 0 Å². The Hall–Kier alpha value is -0.140. The molecule has 16 heavy (non-hydrogen) atoms. The summed E-state index contributed by atoms with van der Waals surface area (Å²) in [6.07, 6.45) is 1.96. The summed E-state index contributed by atoms with van der Waals surface area (Å²) in [4.78, 5) is 0. The van der Waals surface area contributed by atoms with Crippen LogP contribution in [0.3, 0.4) is 0 Å². The molecule has 0 spiro atoms. The second kappa shape index (κ2) is 5.01. The Morgan fingerprint density at radius 2 is 2.00 bits per heavy atom. The summed E-state index contributed by atoms with van der Waals surface area (Å²) in [7, 11) is -5.04. The molecule has 1 heterocycles. The molecule has 0 radical (unpaired) electrons. The van der Waals surface area contributed by atoms with E-state index in [0.29, 0.717) is 6.54 Å². The average Bonchev–Trinajstić information content (AvgIpc) is 2.55. The number of rotatable bonds is 5. The second-order valence-corrected chi connectivity index (χ2v) is 8.79. The third kappa shape index (κ3) is 3.18. The van der Waals surface area contributed by atoms with E-state index in [0.717, 1.165) is 12.8 Å². The van der Waals surface area contributed by atoms with E-state index in [2.05, 4.69) is 0 Å². The van der Waals surface area contributed by atoms with Gasteiger partial charge in [0.1, 0.15) is 0 Å². The zero-order valence-corrected chi connectivity index (χ0v) is 11.3. The summed E-state index contributed by atoms with van der Waals surface area (Å²) < 4.78 is 47.8. The molecule has 0 aliphatic carbocycles. The van der Waals surface area contributed by atoms with Crippen LogP contribution in [-0.4, -0.2) is 51.5 Å². The lowest BCUT2D eigenvalue weighted by atomic mass is 10.3. The maximum Gasteiger partial charge on any atom is 0.217 e. The number of hydrogen-bond acceptors (Lipinski definition) is 4. The molecule has 1 aliphatic heterocycles. The van der Waals surface area contributed by atoms with Gasteiger partial charge in [0.15, 0.2) is 9.84 Å². The molecular formula is C9H19NO4S2. The van der Waals surface area contributed by atoms with Crippen LogP contribution in [0, 0.1) is 0 Å². The van der Waals surface area contributed by atoms with Gasteiger partial charge in [-0.05, 0) is 12.8 Å². The first-order valence-corrected chi connectivity index (χ1v) is 8.77. The molecule has 0 N–H and O–H groups in total. The monoisotopic (exact) mass is 269 g/mol. The first-order valence-electron chi connectivity index (χ1n) is 5.45. The van der Waals surface area contributed by atoms with Gasteiger partial charge in [-0.25, -0.2) is 21.1 Å². The van der Waals surface area contributed by atoms with Crippen molar-refractivity contribution in [3.63, 3.8) is 0 Å². The minimum Gasteiger partial charge on any atom is -0.229 e. The van der Waals surface area contributed by atoms with Gasteiger partial charge in [0.05, 0.1) is 16.8 Å². The zero-order valence-electron chi connectivity index (χ0n) is 9.72. The Morgan fingerprint density at radius 1 is 1.38 bits per heavy atom. The number of sulfonamides is 1. The molecule has 1 fully saturated rings. The minimum atomic E-state index is -3.43. The van der Waals surface area contributed by atoms with Crippen molar-refractivity contribution in [1.29, 1.82) is 0 Å². The smallest absolute Gasteiger partial charge is 0.217 e. The van der Waals surface area contributed by atoms with E-state index >= 15 is 0 Å². The molecule has 1 atom stereocenters. The van der Waals surface area contributed by atoms with Gasteiger partial charge in [0.2, 0.25) is 10.0 Å². The highest BCUT2D eigenvalue weighted by atomic mass is 32.2. The maximum absolute atomic E-state index is 12.0. The summed E-state index contributed by atoms with van der Waals surface area (Å²) in [5.41, 5.74) is 0. The Morgan fingerprint density at radius 3 is 2.44 bits per heavy atom. The Bertz CT molecular complexity index is 426. The quantitative estimate of drug-likeness (QED) is 0.716. The SMILES string of the molecule is CCCCN(C)S(=O)(=O)C1CCS(=O)(=O)C1. The summed E-state index contributed by atoms with van der Waals surface area (Å²) >= 11 is 0. The minimum absolute atomic E-state index is 0.00147. The molecule has 1 rings (SSSR count). The van der Waals surface area contributed by atoms with E-state index in [-0.39, 0.29) is 17.9 Å². The lowest BCUT2D eigenvalue weighted by molar-refractivity contribution is 0.451. The van der Waals surface area contributed by atoms with Gasteiger partial charge >= 0.3 is 0 Å². The fraction of sp³-hybridized carbons (Fsp3) is 1.00. The van der Waals surface area contributed by atoms with Crippen molar-refractivity contribution in [2.45, 2.75) is 31.4 Å². The Kier molecular flexibility index (Phi) is 4.36. The Balaban J connectivity index is 2.72. The van der Waals surface area contributed by atoms with Crippen LogP contribution in [-0.2, 0) is 19.9 Å². The van der Waals surface area contributed by atoms with Gasteiger partial charge in [0.25, 0.3) is 0 Å². The van der Waals surface area contributed by atoms with Crippen molar-refractivity contribution < 1.29 is 16.8 Å². The maximum atomic E-state index is 12.0. The predicted molar refractivity (Wildman–Crippen MR) is 63.5 cm³/mol. The summed E-state index contributed by atoms with van der Waals surface area (Å²) in [5.74, 6) is -0.218. The lowest BCUT2D eigenvalue weighted by Crippen LogP contribution is -2.37. The van der Waals surface area contributed by atoms with Crippen LogP contribution in [0.4, 0.5) is 0 Å². The van der Waals surface area contributed by atoms with Crippen molar-refractivity contribution in [3.05, 3.63) is 0 Å². The van der Waals surface area contributed by atoms with Gasteiger partial charge in [0, 0.05) is 13.6 Å². The third-order valence-corrected chi connectivity index (χ3v) is 7.15. The molecule has 0 bridgehead atoms. The van der Waals surface area contributed by atoms with Crippen molar-refractivity contribution in [1.82, 2.24) is 4.31 Å².